The van der Waals surface area contributed by atoms with E-state index >= 15 is 0 Å². The molecule has 1 atom stereocenters. The van der Waals surface area contributed by atoms with Gasteiger partial charge in [0.2, 0.25) is 15.9 Å². The maximum Gasteiger partial charge on any atom is 0.243 e. The molecule has 2 aromatic rings. The molecule has 3 rings (SSSR count). The molecule has 0 bridgehead atoms. The Morgan fingerprint density at radius 3 is 2.30 bits per heavy atom. The zero-order valence-corrected chi connectivity index (χ0v) is 16.8. The summed E-state index contributed by atoms with van der Waals surface area (Å²) in [6, 6.07) is 14.3. The van der Waals surface area contributed by atoms with Gasteiger partial charge in [0, 0.05) is 13.1 Å². The highest BCUT2D eigenvalue weighted by molar-refractivity contribution is 7.88. The van der Waals surface area contributed by atoms with Gasteiger partial charge in [-0.1, -0.05) is 67.9 Å². The number of amides is 1. The Balaban J connectivity index is 1.90. The van der Waals surface area contributed by atoms with Crippen molar-refractivity contribution in [2.45, 2.75) is 38.5 Å². The molecule has 0 aliphatic carbocycles. The topological polar surface area (TPSA) is 66.5 Å². The third-order valence-corrected chi connectivity index (χ3v) is 6.72. The standard InChI is InChI=1S/C21H26N2O3S/c1-15(2)18-8-10-19(11-9-18)20-21(24)22-12-13-23(20)27(25,26)14-17-6-4-16(3)5-7-17/h4-11,15,20H,12-14H2,1-3H3,(H,22,24). The van der Waals surface area contributed by atoms with Gasteiger partial charge in [-0.3, -0.25) is 4.79 Å². The quantitative estimate of drug-likeness (QED) is 0.859. The minimum absolute atomic E-state index is 0.110. The van der Waals surface area contributed by atoms with Gasteiger partial charge in [0.25, 0.3) is 0 Å². The van der Waals surface area contributed by atoms with Crippen LogP contribution in [-0.2, 0) is 20.6 Å². The summed E-state index contributed by atoms with van der Waals surface area (Å²) in [5, 5.41) is 2.80. The van der Waals surface area contributed by atoms with Gasteiger partial charge in [-0.05, 0) is 29.5 Å². The number of nitrogens with one attached hydrogen (secondary N) is 1. The molecular formula is C21H26N2O3S. The summed E-state index contributed by atoms with van der Waals surface area (Å²) in [5.41, 5.74) is 3.66. The smallest absolute Gasteiger partial charge is 0.243 e. The zero-order valence-electron chi connectivity index (χ0n) is 16.0. The summed E-state index contributed by atoms with van der Waals surface area (Å²) in [4.78, 5) is 12.6. The van der Waals surface area contributed by atoms with E-state index in [0.29, 0.717) is 18.0 Å². The maximum atomic E-state index is 13.1. The fourth-order valence-corrected chi connectivity index (χ4v) is 4.99. The van der Waals surface area contributed by atoms with Crippen molar-refractivity contribution in [3.63, 3.8) is 0 Å². The molecule has 144 valence electrons. The summed E-state index contributed by atoms with van der Waals surface area (Å²) in [6.07, 6.45) is 0. The predicted molar refractivity (Wildman–Crippen MR) is 107 cm³/mol. The van der Waals surface area contributed by atoms with Crippen LogP contribution in [0.3, 0.4) is 0 Å². The van der Waals surface area contributed by atoms with Crippen molar-refractivity contribution in [1.29, 1.82) is 0 Å². The Labute approximate surface area is 161 Å². The van der Waals surface area contributed by atoms with Crippen molar-refractivity contribution in [2.24, 2.45) is 0 Å². The van der Waals surface area contributed by atoms with E-state index < -0.39 is 16.1 Å². The second-order valence-corrected chi connectivity index (χ2v) is 9.29. The molecule has 1 amide bonds. The number of hydrogen-bond donors (Lipinski definition) is 1. The van der Waals surface area contributed by atoms with E-state index in [0.717, 1.165) is 16.7 Å². The first kappa shape index (κ1) is 19.6. The second kappa shape index (κ2) is 7.82. The zero-order chi connectivity index (χ0) is 19.6. The number of aryl methyl sites for hydroxylation is 1. The lowest BCUT2D eigenvalue weighted by Crippen LogP contribution is -2.52. The average Bonchev–Trinajstić information content (AvgIpc) is 2.63. The summed E-state index contributed by atoms with van der Waals surface area (Å²) in [7, 11) is -3.63. The van der Waals surface area contributed by atoms with Gasteiger partial charge in [0.05, 0.1) is 5.75 Å². The lowest BCUT2D eigenvalue weighted by atomic mass is 9.98. The third-order valence-electron chi connectivity index (χ3n) is 4.91. The van der Waals surface area contributed by atoms with Crippen LogP contribution in [0.15, 0.2) is 48.5 Å². The Bertz CT molecular complexity index is 903. The number of nitrogens with zero attached hydrogens (tertiary/aromatic N) is 1. The number of hydrogen-bond acceptors (Lipinski definition) is 3. The van der Waals surface area contributed by atoms with Gasteiger partial charge >= 0.3 is 0 Å². The first-order valence-electron chi connectivity index (χ1n) is 9.20. The van der Waals surface area contributed by atoms with E-state index in [4.69, 9.17) is 0 Å². The first-order valence-corrected chi connectivity index (χ1v) is 10.8. The van der Waals surface area contributed by atoms with Crippen LogP contribution in [0.4, 0.5) is 0 Å². The van der Waals surface area contributed by atoms with Gasteiger partial charge in [-0.2, -0.15) is 4.31 Å². The highest BCUT2D eigenvalue weighted by atomic mass is 32.2. The summed E-state index contributed by atoms with van der Waals surface area (Å²) >= 11 is 0. The molecule has 2 aromatic carbocycles. The SMILES string of the molecule is Cc1ccc(CS(=O)(=O)N2CCNC(=O)C2c2ccc(C(C)C)cc2)cc1. The molecular weight excluding hydrogens is 360 g/mol. The minimum Gasteiger partial charge on any atom is -0.353 e. The Morgan fingerprint density at radius 1 is 1.07 bits per heavy atom. The van der Waals surface area contributed by atoms with Gasteiger partial charge in [0.15, 0.2) is 0 Å². The summed E-state index contributed by atoms with van der Waals surface area (Å²) in [5.74, 6) is -0.00662. The molecule has 0 spiro atoms. The molecule has 0 aromatic heterocycles. The molecule has 6 heteroatoms. The molecule has 1 aliphatic rings. The normalized spacial score (nSPS) is 18.5. The minimum atomic E-state index is -3.63. The molecule has 0 radical (unpaired) electrons. The van der Waals surface area contributed by atoms with Crippen LogP contribution < -0.4 is 5.32 Å². The molecule has 1 unspecified atom stereocenters. The van der Waals surface area contributed by atoms with E-state index in [1.807, 2.05) is 55.5 Å². The molecule has 1 fully saturated rings. The predicted octanol–water partition coefficient (Wildman–Crippen LogP) is 3.12. The lowest BCUT2D eigenvalue weighted by molar-refractivity contribution is -0.126. The molecule has 27 heavy (non-hydrogen) atoms. The Morgan fingerprint density at radius 2 is 1.70 bits per heavy atom. The van der Waals surface area contributed by atoms with Crippen molar-refractivity contribution >= 4 is 15.9 Å². The number of rotatable bonds is 5. The van der Waals surface area contributed by atoms with E-state index in [9.17, 15) is 13.2 Å². The van der Waals surface area contributed by atoms with Crippen LogP contribution in [0.1, 0.15) is 48.1 Å². The Kier molecular flexibility index (Phi) is 5.67. The number of carbonyl (C=O) groups excluding carboxylic acids is 1. The lowest BCUT2D eigenvalue weighted by Gasteiger charge is -2.34. The van der Waals surface area contributed by atoms with E-state index in [2.05, 4.69) is 19.2 Å². The van der Waals surface area contributed by atoms with Gasteiger partial charge in [-0.15, -0.1) is 0 Å². The summed E-state index contributed by atoms with van der Waals surface area (Å²) < 4.78 is 27.5. The Hall–Kier alpha value is -2.18. The monoisotopic (exact) mass is 386 g/mol. The molecule has 0 saturated carbocycles. The second-order valence-electron chi connectivity index (χ2n) is 7.37. The van der Waals surface area contributed by atoms with Crippen molar-refractivity contribution in [1.82, 2.24) is 9.62 Å². The van der Waals surface area contributed by atoms with Crippen LogP contribution in [0.2, 0.25) is 0 Å². The fourth-order valence-electron chi connectivity index (χ4n) is 3.30. The van der Waals surface area contributed by atoms with E-state index in [-0.39, 0.29) is 18.2 Å². The molecule has 5 nitrogen and oxygen atoms in total. The largest absolute Gasteiger partial charge is 0.353 e. The van der Waals surface area contributed by atoms with Crippen LogP contribution in [-0.4, -0.2) is 31.7 Å². The van der Waals surface area contributed by atoms with Gasteiger partial charge < -0.3 is 5.32 Å². The summed E-state index contributed by atoms with van der Waals surface area (Å²) in [6.45, 7) is 6.76. The highest BCUT2D eigenvalue weighted by Gasteiger charge is 2.38. The maximum absolute atomic E-state index is 13.1. The van der Waals surface area contributed by atoms with Gasteiger partial charge in [0.1, 0.15) is 6.04 Å². The number of benzene rings is 2. The van der Waals surface area contributed by atoms with Crippen molar-refractivity contribution in [2.75, 3.05) is 13.1 Å². The van der Waals surface area contributed by atoms with Crippen molar-refractivity contribution < 1.29 is 13.2 Å². The van der Waals surface area contributed by atoms with E-state index in [1.54, 1.807) is 0 Å². The number of carbonyl (C=O) groups is 1. The van der Waals surface area contributed by atoms with Crippen LogP contribution in [0.5, 0.6) is 0 Å². The molecule has 1 aliphatic heterocycles. The first-order chi connectivity index (χ1) is 12.8. The van der Waals surface area contributed by atoms with Crippen molar-refractivity contribution in [3.8, 4) is 0 Å². The van der Waals surface area contributed by atoms with Crippen molar-refractivity contribution in [3.05, 3.63) is 70.8 Å². The molecule has 1 heterocycles. The molecule has 1 saturated heterocycles. The molecule has 1 N–H and O–H groups in total. The average molecular weight is 387 g/mol. The highest BCUT2D eigenvalue weighted by Crippen LogP contribution is 2.29. The number of piperazine rings is 1. The van der Waals surface area contributed by atoms with Crippen LogP contribution >= 0.6 is 0 Å². The van der Waals surface area contributed by atoms with Gasteiger partial charge in [-0.25, -0.2) is 8.42 Å². The van der Waals surface area contributed by atoms with E-state index in [1.165, 1.54) is 4.31 Å². The fraction of sp³-hybridized carbons (Fsp3) is 0.381. The van der Waals surface area contributed by atoms with Crippen LogP contribution in [0, 0.1) is 6.92 Å². The number of sulfonamides is 1. The van der Waals surface area contributed by atoms with Crippen LogP contribution in [0.25, 0.3) is 0 Å². The third kappa shape index (κ3) is 4.39.